The molecule has 1 aromatic heterocycles. The highest BCUT2D eigenvalue weighted by molar-refractivity contribution is 9.10. The Labute approximate surface area is 106 Å². The van der Waals surface area contributed by atoms with Gasteiger partial charge in [-0.25, -0.2) is 9.48 Å². The molecule has 1 heterocycles. The highest BCUT2D eigenvalue weighted by Gasteiger charge is 2.14. The van der Waals surface area contributed by atoms with Crippen molar-refractivity contribution >= 4 is 21.9 Å². The molecule has 2 rings (SSSR count). The lowest BCUT2D eigenvalue weighted by Crippen LogP contribution is -2.01. The van der Waals surface area contributed by atoms with Crippen LogP contribution in [0.5, 0.6) is 0 Å². The molecule has 0 amide bonds. The van der Waals surface area contributed by atoms with Gasteiger partial charge in [-0.3, -0.25) is 0 Å². The standard InChI is InChI=1S/C11H10BrN3O2/c1-6-3-4-7(5-8(6)11(16)17)9-10(12)13-14-15(9)2/h3-5H,1-2H3,(H,16,17). The lowest BCUT2D eigenvalue weighted by Gasteiger charge is -2.05. The van der Waals surface area contributed by atoms with Gasteiger partial charge in [0.15, 0.2) is 4.60 Å². The van der Waals surface area contributed by atoms with Crippen molar-refractivity contribution in [3.63, 3.8) is 0 Å². The van der Waals surface area contributed by atoms with Gasteiger partial charge in [0.2, 0.25) is 0 Å². The maximum Gasteiger partial charge on any atom is 0.335 e. The highest BCUT2D eigenvalue weighted by Crippen LogP contribution is 2.27. The third-order valence-corrected chi connectivity index (χ3v) is 3.06. The van der Waals surface area contributed by atoms with E-state index in [0.717, 1.165) is 16.8 Å². The van der Waals surface area contributed by atoms with Crippen LogP contribution >= 0.6 is 15.9 Å². The first-order valence-electron chi connectivity index (χ1n) is 4.90. The molecular weight excluding hydrogens is 286 g/mol. The van der Waals surface area contributed by atoms with Crippen molar-refractivity contribution in [3.8, 4) is 11.3 Å². The maximum absolute atomic E-state index is 11.1. The minimum absolute atomic E-state index is 0.288. The summed E-state index contributed by atoms with van der Waals surface area (Å²) in [7, 11) is 1.76. The molecule has 0 aliphatic heterocycles. The molecule has 0 bridgehead atoms. The summed E-state index contributed by atoms with van der Waals surface area (Å²) in [5.41, 5.74) is 2.54. The normalized spacial score (nSPS) is 10.5. The topological polar surface area (TPSA) is 68.0 Å². The van der Waals surface area contributed by atoms with Crippen molar-refractivity contribution in [3.05, 3.63) is 33.9 Å². The lowest BCUT2D eigenvalue weighted by atomic mass is 10.0. The number of halogens is 1. The molecule has 0 unspecified atom stereocenters. The quantitative estimate of drug-likeness (QED) is 0.923. The summed E-state index contributed by atoms with van der Waals surface area (Å²) < 4.78 is 2.19. The molecule has 0 saturated heterocycles. The SMILES string of the molecule is Cc1ccc(-c2c(Br)nnn2C)cc1C(=O)O. The Kier molecular flexibility index (Phi) is 2.97. The second-order valence-electron chi connectivity index (χ2n) is 3.69. The van der Waals surface area contributed by atoms with Crippen molar-refractivity contribution in [1.29, 1.82) is 0 Å². The van der Waals surface area contributed by atoms with Crippen molar-refractivity contribution in [2.45, 2.75) is 6.92 Å². The maximum atomic E-state index is 11.1. The van der Waals surface area contributed by atoms with E-state index >= 15 is 0 Å². The Morgan fingerprint density at radius 3 is 2.71 bits per heavy atom. The van der Waals surface area contributed by atoms with Gasteiger partial charge in [0.05, 0.1) is 5.56 Å². The first-order chi connectivity index (χ1) is 8.00. The van der Waals surface area contributed by atoms with E-state index in [1.807, 2.05) is 6.07 Å². The highest BCUT2D eigenvalue weighted by atomic mass is 79.9. The van der Waals surface area contributed by atoms with E-state index < -0.39 is 5.97 Å². The van der Waals surface area contributed by atoms with Crippen LogP contribution < -0.4 is 0 Å². The van der Waals surface area contributed by atoms with Gasteiger partial charge in [0, 0.05) is 12.6 Å². The number of carbonyl (C=O) groups is 1. The molecule has 0 spiro atoms. The van der Waals surface area contributed by atoms with E-state index in [4.69, 9.17) is 5.11 Å². The van der Waals surface area contributed by atoms with Crippen LogP contribution in [-0.2, 0) is 7.05 Å². The summed E-state index contributed by atoms with van der Waals surface area (Å²) in [6.07, 6.45) is 0. The Hall–Kier alpha value is -1.69. The van der Waals surface area contributed by atoms with Crippen LogP contribution in [0.15, 0.2) is 22.8 Å². The molecule has 2 aromatic rings. The van der Waals surface area contributed by atoms with E-state index in [0.29, 0.717) is 4.60 Å². The molecule has 0 atom stereocenters. The molecule has 1 aromatic carbocycles. The van der Waals surface area contributed by atoms with Crippen LogP contribution in [0.1, 0.15) is 15.9 Å². The molecule has 0 radical (unpaired) electrons. The van der Waals surface area contributed by atoms with Crippen LogP contribution in [-0.4, -0.2) is 26.1 Å². The smallest absolute Gasteiger partial charge is 0.335 e. The van der Waals surface area contributed by atoms with E-state index in [9.17, 15) is 4.79 Å². The third-order valence-electron chi connectivity index (χ3n) is 2.53. The molecule has 6 heteroatoms. The van der Waals surface area contributed by atoms with Gasteiger partial charge < -0.3 is 5.11 Å². The summed E-state index contributed by atoms with van der Waals surface area (Å²) in [6.45, 7) is 1.77. The molecule has 0 aliphatic rings. The van der Waals surface area contributed by atoms with Gasteiger partial charge in [-0.2, -0.15) is 0 Å². The number of hydrogen-bond acceptors (Lipinski definition) is 3. The zero-order valence-corrected chi connectivity index (χ0v) is 10.9. The number of nitrogens with zero attached hydrogens (tertiary/aromatic N) is 3. The van der Waals surface area contributed by atoms with Crippen molar-refractivity contribution in [1.82, 2.24) is 15.0 Å². The number of carboxylic acid groups (broad SMARTS) is 1. The summed E-state index contributed by atoms with van der Waals surface area (Å²) in [5.74, 6) is -0.935. The molecule has 0 fully saturated rings. The van der Waals surface area contributed by atoms with E-state index in [2.05, 4.69) is 26.2 Å². The second kappa shape index (κ2) is 4.29. The van der Waals surface area contributed by atoms with Crippen LogP contribution in [0, 0.1) is 6.92 Å². The van der Waals surface area contributed by atoms with Crippen LogP contribution in [0.4, 0.5) is 0 Å². The van der Waals surface area contributed by atoms with Gasteiger partial charge in [-0.1, -0.05) is 17.3 Å². The third kappa shape index (κ3) is 2.08. The molecule has 0 saturated carbocycles. The minimum Gasteiger partial charge on any atom is -0.478 e. The fourth-order valence-corrected chi connectivity index (χ4v) is 2.19. The minimum atomic E-state index is -0.935. The number of carboxylic acids is 1. The monoisotopic (exact) mass is 295 g/mol. The predicted octanol–water partition coefficient (Wildman–Crippen LogP) is 2.25. The van der Waals surface area contributed by atoms with Gasteiger partial charge >= 0.3 is 5.97 Å². The number of aromatic carboxylic acids is 1. The van der Waals surface area contributed by atoms with Gasteiger partial charge in [-0.15, -0.1) is 5.10 Å². The summed E-state index contributed by atoms with van der Waals surface area (Å²) in [5, 5.41) is 16.8. The Morgan fingerprint density at radius 2 is 2.18 bits per heavy atom. The summed E-state index contributed by atoms with van der Waals surface area (Å²) in [6, 6.07) is 5.25. The predicted molar refractivity (Wildman–Crippen MR) is 65.8 cm³/mol. The number of aromatic nitrogens is 3. The van der Waals surface area contributed by atoms with Crippen molar-refractivity contribution in [2.75, 3.05) is 0 Å². The average molecular weight is 296 g/mol. The van der Waals surface area contributed by atoms with Crippen molar-refractivity contribution < 1.29 is 9.90 Å². The molecule has 5 nitrogen and oxygen atoms in total. The molecule has 88 valence electrons. The van der Waals surface area contributed by atoms with E-state index in [1.165, 1.54) is 0 Å². The van der Waals surface area contributed by atoms with Gasteiger partial charge in [0.1, 0.15) is 5.69 Å². The number of rotatable bonds is 2. The lowest BCUT2D eigenvalue weighted by molar-refractivity contribution is 0.0696. The Bertz CT molecular complexity index is 573. The average Bonchev–Trinajstić information content (AvgIpc) is 2.59. The summed E-state index contributed by atoms with van der Waals surface area (Å²) >= 11 is 3.29. The first kappa shape index (κ1) is 11.8. The van der Waals surface area contributed by atoms with Crippen LogP contribution in [0.25, 0.3) is 11.3 Å². The zero-order chi connectivity index (χ0) is 12.6. The summed E-state index contributed by atoms with van der Waals surface area (Å²) in [4.78, 5) is 11.1. The molecule has 17 heavy (non-hydrogen) atoms. The zero-order valence-electron chi connectivity index (χ0n) is 9.31. The van der Waals surface area contributed by atoms with Gasteiger partial charge in [0.25, 0.3) is 0 Å². The number of benzene rings is 1. The largest absolute Gasteiger partial charge is 0.478 e. The Balaban J connectivity index is 2.62. The first-order valence-corrected chi connectivity index (χ1v) is 5.69. The molecule has 0 aliphatic carbocycles. The molecule has 1 N–H and O–H groups in total. The van der Waals surface area contributed by atoms with E-state index in [1.54, 1.807) is 30.8 Å². The van der Waals surface area contributed by atoms with Gasteiger partial charge in [-0.05, 0) is 34.5 Å². The van der Waals surface area contributed by atoms with Crippen molar-refractivity contribution in [2.24, 2.45) is 7.05 Å². The fourth-order valence-electron chi connectivity index (χ4n) is 1.64. The van der Waals surface area contributed by atoms with Crippen LogP contribution in [0.3, 0.4) is 0 Å². The number of aryl methyl sites for hydroxylation is 2. The molecular formula is C11H10BrN3O2. The Morgan fingerprint density at radius 1 is 1.47 bits per heavy atom. The van der Waals surface area contributed by atoms with Crippen LogP contribution in [0.2, 0.25) is 0 Å². The van der Waals surface area contributed by atoms with E-state index in [-0.39, 0.29) is 5.56 Å². The number of hydrogen-bond donors (Lipinski definition) is 1. The second-order valence-corrected chi connectivity index (χ2v) is 4.44. The fraction of sp³-hybridized carbons (Fsp3) is 0.182.